The number of ketones is 2. The van der Waals surface area contributed by atoms with Gasteiger partial charge < -0.3 is 20.1 Å². The van der Waals surface area contributed by atoms with Crippen molar-refractivity contribution in [2.24, 2.45) is 0 Å². The van der Waals surface area contributed by atoms with Crippen molar-refractivity contribution < 1.29 is 19.1 Å². The summed E-state index contributed by atoms with van der Waals surface area (Å²) in [5.41, 5.74) is 0.275. The first-order valence-electron chi connectivity index (χ1n) is 6.52. The Labute approximate surface area is 119 Å². The van der Waals surface area contributed by atoms with Crippen molar-refractivity contribution in [2.45, 2.75) is 39.8 Å². The van der Waals surface area contributed by atoms with E-state index in [1.165, 1.54) is 14.2 Å². The average molecular weight is 282 g/mol. The first-order valence-corrected chi connectivity index (χ1v) is 6.52. The Hall–Kier alpha value is -1.98. The van der Waals surface area contributed by atoms with Crippen LogP contribution in [0.25, 0.3) is 0 Å². The smallest absolute Gasteiger partial charge is 0.249 e. The summed E-state index contributed by atoms with van der Waals surface area (Å²) >= 11 is 0. The van der Waals surface area contributed by atoms with Gasteiger partial charge in [0.25, 0.3) is 0 Å². The molecule has 1 aliphatic rings. The van der Waals surface area contributed by atoms with Crippen LogP contribution in [-0.4, -0.2) is 37.9 Å². The molecule has 0 spiro atoms. The lowest BCUT2D eigenvalue weighted by atomic mass is 10.0. The monoisotopic (exact) mass is 282 g/mol. The van der Waals surface area contributed by atoms with Crippen LogP contribution in [0.1, 0.15) is 27.7 Å². The number of rotatable bonds is 6. The van der Waals surface area contributed by atoms with Gasteiger partial charge in [-0.05, 0) is 27.7 Å². The van der Waals surface area contributed by atoms with Crippen molar-refractivity contribution in [2.75, 3.05) is 14.2 Å². The SMILES string of the molecule is COC1=C(NC(C)C)C(=O)C(OC)=C(NC(C)C)C1=O. The normalized spacial score (nSPS) is 16.2. The molecular weight excluding hydrogens is 260 g/mol. The van der Waals surface area contributed by atoms with Crippen LogP contribution in [0.2, 0.25) is 0 Å². The van der Waals surface area contributed by atoms with E-state index in [0.29, 0.717) is 0 Å². The standard InChI is InChI=1S/C14H22N2O4/c1-7(2)15-9-11(17)14(20-6)10(16-8(3)4)12(18)13(9)19-5/h7-8,15-16H,1-6H3. The van der Waals surface area contributed by atoms with Crippen molar-refractivity contribution in [3.8, 4) is 0 Å². The van der Waals surface area contributed by atoms with Gasteiger partial charge in [0.1, 0.15) is 11.4 Å². The number of nitrogens with one attached hydrogen (secondary N) is 2. The molecule has 0 atom stereocenters. The predicted molar refractivity (Wildman–Crippen MR) is 74.6 cm³/mol. The number of ether oxygens (including phenoxy) is 2. The van der Waals surface area contributed by atoms with Gasteiger partial charge in [0, 0.05) is 12.1 Å². The van der Waals surface area contributed by atoms with E-state index >= 15 is 0 Å². The minimum absolute atomic E-state index is 0.00708. The zero-order chi connectivity index (χ0) is 15.4. The van der Waals surface area contributed by atoms with E-state index in [1.54, 1.807) is 0 Å². The van der Waals surface area contributed by atoms with Gasteiger partial charge in [-0.25, -0.2) is 0 Å². The third-order valence-corrected chi connectivity index (χ3v) is 2.59. The molecule has 2 N–H and O–H groups in total. The fourth-order valence-electron chi connectivity index (χ4n) is 1.89. The van der Waals surface area contributed by atoms with Crippen LogP contribution < -0.4 is 10.6 Å². The maximum absolute atomic E-state index is 12.4. The lowest BCUT2D eigenvalue weighted by Crippen LogP contribution is -2.40. The molecule has 1 rings (SSSR count). The van der Waals surface area contributed by atoms with Crippen LogP contribution in [0.15, 0.2) is 22.9 Å². The van der Waals surface area contributed by atoms with Crippen molar-refractivity contribution >= 4 is 11.6 Å². The third-order valence-electron chi connectivity index (χ3n) is 2.59. The van der Waals surface area contributed by atoms with Crippen LogP contribution in [0.4, 0.5) is 0 Å². The van der Waals surface area contributed by atoms with E-state index < -0.39 is 0 Å². The van der Waals surface area contributed by atoms with Gasteiger partial charge in [-0.2, -0.15) is 0 Å². The molecule has 1 aliphatic carbocycles. The van der Waals surface area contributed by atoms with Crippen molar-refractivity contribution in [1.82, 2.24) is 10.6 Å². The largest absolute Gasteiger partial charge is 0.491 e. The molecule has 0 aromatic rings. The molecule has 0 aliphatic heterocycles. The van der Waals surface area contributed by atoms with Gasteiger partial charge in [0.05, 0.1) is 14.2 Å². The van der Waals surface area contributed by atoms with Crippen molar-refractivity contribution in [3.63, 3.8) is 0 Å². The van der Waals surface area contributed by atoms with Crippen LogP contribution in [0.5, 0.6) is 0 Å². The van der Waals surface area contributed by atoms with Gasteiger partial charge in [0.15, 0.2) is 11.5 Å². The zero-order valence-electron chi connectivity index (χ0n) is 12.8. The van der Waals surface area contributed by atoms with Crippen LogP contribution in [-0.2, 0) is 19.1 Å². The van der Waals surface area contributed by atoms with Gasteiger partial charge in [-0.15, -0.1) is 0 Å². The summed E-state index contributed by atoms with van der Waals surface area (Å²) in [4.78, 5) is 24.8. The Morgan fingerprint density at radius 2 is 1.05 bits per heavy atom. The summed E-state index contributed by atoms with van der Waals surface area (Å²) in [6, 6.07) is -0.0192. The minimum atomic E-state index is -0.388. The summed E-state index contributed by atoms with van der Waals surface area (Å²) < 4.78 is 10.2. The number of hydrogen-bond donors (Lipinski definition) is 2. The molecule has 0 amide bonds. The quantitative estimate of drug-likeness (QED) is 0.703. The Kier molecular flexibility index (Phi) is 5.19. The highest BCUT2D eigenvalue weighted by molar-refractivity contribution is 6.23. The molecule has 0 saturated heterocycles. The molecular formula is C14H22N2O4. The van der Waals surface area contributed by atoms with E-state index in [-0.39, 0.29) is 46.6 Å². The molecule has 0 bridgehead atoms. The molecule has 6 heteroatoms. The first kappa shape index (κ1) is 16.1. The number of carbonyl (C=O) groups is 2. The van der Waals surface area contributed by atoms with E-state index in [0.717, 1.165) is 0 Å². The predicted octanol–water partition coefficient (Wildman–Crippen LogP) is 0.850. The summed E-state index contributed by atoms with van der Waals surface area (Å²) in [7, 11) is 2.74. The van der Waals surface area contributed by atoms with Gasteiger partial charge in [-0.3, -0.25) is 9.59 Å². The maximum Gasteiger partial charge on any atom is 0.249 e. The first-order chi connectivity index (χ1) is 9.33. The molecule has 6 nitrogen and oxygen atoms in total. The second-order valence-electron chi connectivity index (χ2n) is 5.07. The molecule has 0 radical (unpaired) electrons. The van der Waals surface area contributed by atoms with Crippen molar-refractivity contribution in [3.05, 3.63) is 22.9 Å². The molecule has 20 heavy (non-hydrogen) atoms. The molecule has 0 aromatic heterocycles. The Balaban J connectivity index is 3.31. The molecule has 112 valence electrons. The third kappa shape index (κ3) is 3.12. The fourth-order valence-corrected chi connectivity index (χ4v) is 1.89. The molecule has 0 heterocycles. The van der Waals surface area contributed by atoms with E-state index in [4.69, 9.17) is 9.47 Å². The molecule has 0 saturated carbocycles. The Bertz CT molecular complexity index is 432. The second-order valence-corrected chi connectivity index (χ2v) is 5.07. The van der Waals surface area contributed by atoms with Gasteiger partial charge in [-0.1, -0.05) is 0 Å². The van der Waals surface area contributed by atoms with E-state index in [9.17, 15) is 9.59 Å². The zero-order valence-corrected chi connectivity index (χ0v) is 12.8. The molecule has 0 aromatic carbocycles. The Morgan fingerprint density at radius 1 is 0.750 bits per heavy atom. The van der Waals surface area contributed by atoms with Crippen molar-refractivity contribution in [1.29, 1.82) is 0 Å². The number of hydrogen-bond acceptors (Lipinski definition) is 6. The second kappa shape index (κ2) is 6.45. The lowest BCUT2D eigenvalue weighted by molar-refractivity contribution is -0.121. The average Bonchev–Trinajstić information content (AvgIpc) is 2.35. The topological polar surface area (TPSA) is 76.7 Å². The number of carbonyl (C=O) groups excluding carboxylic acids is 2. The summed E-state index contributed by atoms with van der Waals surface area (Å²) in [6.45, 7) is 7.48. The van der Waals surface area contributed by atoms with Crippen LogP contribution >= 0.6 is 0 Å². The highest BCUT2D eigenvalue weighted by Gasteiger charge is 2.37. The van der Waals surface area contributed by atoms with E-state index in [1.807, 2.05) is 27.7 Å². The number of methoxy groups -OCH3 is 2. The van der Waals surface area contributed by atoms with E-state index in [2.05, 4.69) is 10.6 Å². The van der Waals surface area contributed by atoms with Gasteiger partial charge >= 0.3 is 0 Å². The highest BCUT2D eigenvalue weighted by Crippen LogP contribution is 2.23. The number of Topliss-reactive ketones (excluding diaryl/α,β-unsaturated/α-hetero) is 2. The summed E-state index contributed by atoms with van der Waals surface area (Å²) in [6.07, 6.45) is 0. The fraction of sp³-hybridized carbons (Fsp3) is 0.571. The Morgan fingerprint density at radius 3 is 1.25 bits per heavy atom. The van der Waals surface area contributed by atoms with Crippen LogP contribution in [0, 0.1) is 0 Å². The van der Waals surface area contributed by atoms with Gasteiger partial charge in [0.2, 0.25) is 11.6 Å². The molecule has 0 fully saturated rings. The summed E-state index contributed by atoms with van der Waals surface area (Å²) in [5.74, 6) is -0.762. The van der Waals surface area contributed by atoms with Crippen LogP contribution in [0.3, 0.4) is 0 Å². The lowest BCUT2D eigenvalue weighted by Gasteiger charge is -2.25. The maximum atomic E-state index is 12.4. The molecule has 0 unspecified atom stereocenters. The summed E-state index contributed by atoms with van der Waals surface area (Å²) in [5, 5.41) is 5.89. The minimum Gasteiger partial charge on any atom is -0.491 e. The highest BCUT2D eigenvalue weighted by atomic mass is 16.5.